The molecule has 1 nitrogen and oxygen atoms in total. The Bertz CT molecular complexity index is 1370. The van der Waals surface area contributed by atoms with Gasteiger partial charge in [0.25, 0.3) is 0 Å². The Balaban J connectivity index is 1.66. The molecule has 0 fully saturated rings. The van der Waals surface area contributed by atoms with Crippen LogP contribution in [-0.2, 0) is 4.57 Å². The summed E-state index contributed by atoms with van der Waals surface area (Å²) in [5.74, 6) is 0. The highest BCUT2D eigenvalue weighted by Gasteiger charge is 2.13. The van der Waals surface area contributed by atoms with Crippen molar-refractivity contribution < 1.29 is 4.57 Å². The maximum absolute atomic E-state index is 12.5. The van der Waals surface area contributed by atoms with Gasteiger partial charge in [-0.25, -0.2) is 0 Å². The molecule has 0 atom stereocenters. The SMILES string of the molecule is CP(C)(=O)c1cccc(-c2ccc(-c3c4ccccc4cc4ccccc34)cc2)c1. The first-order valence-corrected chi connectivity index (χ1v) is 12.8. The van der Waals surface area contributed by atoms with Crippen LogP contribution in [0.3, 0.4) is 0 Å². The summed E-state index contributed by atoms with van der Waals surface area (Å²) in [6, 6.07) is 36.3. The monoisotopic (exact) mass is 406 g/mol. The summed E-state index contributed by atoms with van der Waals surface area (Å²) < 4.78 is 12.5. The van der Waals surface area contributed by atoms with Crippen molar-refractivity contribution >= 4 is 34.0 Å². The maximum atomic E-state index is 12.5. The van der Waals surface area contributed by atoms with Gasteiger partial charge in [0.1, 0.15) is 7.14 Å². The highest BCUT2D eigenvalue weighted by Crippen LogP contribution is 2.38. The zero-order valence-electron chi connectivity index (χ0n) is 17.2. The van der Waals surface area contributed by atoms with Crippen LogP contribution in [0.25, 0.3) is 43.8 Å². The molecule has 146 valence electrons. The number of fused-ring (bicyclic) bond motifs is 2. The van der Waals surface area contributed by atoms with Crippen molar-refractivity contribution in [3.63, 3.8) is 0 Å². The molecule has 0 amide bonds. The molecular weight excluding hydrogens is 383 g/mol. The Labute approximate surface area is 177 Å². The zero-order chi connectivity index (χ0) is 20.7. The number of hydrogen-bond acceptors (Lipinski definition) is 1. The van der Waals surface area contributed by atoms with Crippen LogP contribution < -0.4 is 5.30 Å². The van der Waals surface area contributed by atoms with E-state index in [1.807, 2.05) is 25.5 Å². The van der Waals surface area contributed by atoms with E-state index in [4.69, 9.17) is 0 Å². The van der Waals surface area contributed by atoms with E-state index >= 15 is 0 Å². The van der Waals surface area contributed by atoms with Crippen LogP contribution in [0, 0.1) is 0 Å². The fraction of sp³-hybridized carbons (Fsp3) is 0.0714. The predicted molar refractivity (Wildman–Crippen MR) is 131 cm³/mol. The molecule has 0 N–H and O–H groups in total. The molecule has 30 heavy (non-hydrogen) atoms. The van der Waals surface area contributed by atoms with Crippen molar-refractivity contribution in [2.24, 2.45) is 0 Å². The van der Waals surface area contributed by atoms with Crippen molar-refractivity contribution in [3.05, 3.63) is 103 Å². The topological polar surface area (TPSA) is 17.1 Å². The predicted octanol–water partition coefficient (Wildman–Crippen LogP) is 7.58. The molecule has 0 aliphatic carbocycles. The van der Waals surface area contributed by atoms with Crippen LogP contribution in [0.5, 0.6) is 0 Å². The molecule has 0 saturated heterocycles. The van der Waals surface area contributed by atoms with Crippen LogP contribution in [0.4, 0.5) is 0 Å². The van der Waals surface area contributed by atoms with E-state index in [-0.39, 0.29) is 0 Å². The molecule has 0 aliphatic rings. The van der Waals surface area contributed by atoms with E-state index in [0.717, 1.165) is 16.4 Å². The molecule has 2 heteroatoms. The minimum atomic E-state index is -2.28. The summed E-state index contributed by atoms with van der Waals surface area (Å²) in [7, 11) is -2.28. The molecule has 0 saturated carbocycles. The van der Waals surface area contributed by atoms with Crippen LogP contribution in [-0.4, -0.2) is 13.3 Å². The summed E-state index contributed by atoms with van der Waals surface area (Å²) in [5.41, 5.74) is 4.72. The molecule has 0 radical (unpaired) electrons. The van der Waals surface area contributed by atoms with Gasteiger partial charge in [-0.2, -0.15) is 0 Å². The van der Waals surface area contributed by atoms with Crippen molar-refractivity contribution in [2.75, 3.05) is 13.3 Å². The first-order chi connectivity index (χ1) is 14.5. The molecule has 5 aromatic carbocycles. The van der Waals surface area contributed by atoms with Gasteiger partial charge in [0.05, 0.1) is 0 Å². The van der Waals surface area contributed by atoms with Gasteiger partial charge in [-0.05, 0) is 69.3 Å². The molecule has 0 aliphatic heterocycles. The maximum Gasteiger partial charge on any atom is 0.109 e. The Kier molecular flexibility index (Phi) is 4.57. The summed E-state index contributed by atoms with van der Waals surface area (Å²) in [4.78, 5) is 0. The second kappa shape index (κ2) is 7.27. The highest BCUT2D eigenvalue weighted by molar-refractivity contribution is 7.70. The fourth-order valence-electron chi connectivity index (χ4n) is 4.17. The van der Waals surface area contributed by atoms with E-state index in [2.05, 4.69) is 91.0 Å². The molecular formula is C28H23OP. The first kappa shape index (κ1) is 18.9. The van der Waals surface area contributed by atoms with Crippen molar-refractivity contribution in [1.29, 1.82) is 0 Å². The van der Waals surface area contributed by atoms with Gasteiger partial charge < -0.3 is 4.57 Å². The second-order valence-corrected chi connectivity index (χ2v) is 11.4. The summed E-state index contributed by atoms with van der Waals surface area (Å²) >= 11 is 0. The Morgan fingerprint density at radius 2 is 1.10 bits per heavy atom. The molecule has 0 bridgehead atoms. The molecule has 0 aromatic heterocycles. The van der Waals surface area contributed by atoms with Gasteiger partial charge in [-0.15, -0.1) is 0 Å². The number of hydrogen-bond donors (Lipinski definition) is 0. The molecule has 0 spiro atoms. The minimum Gasteiger partial charge on any atom is -0.319 e. The lowest BCUT2D eigenvalue weighted by Crippen LogP contribution is -2.02. The molecule has 0 heterocycles. The van der Waals surface area contributed by atoms with Gasteiger partial charge >= 0.3 is 0 Å². The standard InChI is InChI=1S/C28H23OP/c1-30(2,29)25-11-7-10-22(19-25)20-14-16-21(17-15-20)28-26-12-5-3-8-23(26)18-24-9-4-6-13-27(24)28/h3-19H,1-2H3. The first-order valence-electron chi connectivity index (χ1n) is 10.2. The third-order valence-electron chi connectivity index (χ3n) is 5.75. The third-order valence-corrected chi connectivity index (χ3v) is 7.27. The molecule has 5 aromatic rings. The van der Waals surface area contributed by atoms with Gasteiger partial charge in [-0.3, -0.25) is 0 Å². The smallest absolute Gasteiger partial charge is 0.109 e. The van der Waals surface area contributed by atoms with E-state index in [1.165, 1.54) is 32.7 Å². The minimum absolute atomic E-state index is 0.920. The molecule has 0 unspecified atom stereocenters. The lowest BCUT2D eigenvalue weighted by Gasteiger charge is -2.13. The van der Waals surface area contributed by atoms with E-state index in [1.54, 1.807) is 0 Å². The number of benzene rings is 5. The fourth-order valence-corrected chi connectivity index (χ4v) is 5.07. The lowest BCUT2D eigenvalue weighted by atomic mass is 9.91. The average Bonchev–Trinajstić information content (AvgIpc) is 2.77. The van der Waals surface area contributed by atoms with Gasteiger partial charge in [0, 0.05) is 5.30 Å². The quantitative estimate of drug-likeness (QED) is 0.223. The average molecular weight is 406 g/mol. The number of rotatable bonds is 3. The van der Waals surface area contributed by atoms with Crippen molar-refractivity contribution in [1.82, 2.24) is 0 Å². The van der Waals surface area contributed by atoms with E-state index in [9.17, 15) is 4.57 Å². The largest absolute Gasteiger partial charge is 0.319 e. The summed E-state index contributed by atoms with van der Waals surface area (Å²) in [6.45, 7) is 3.64. The Morgan fingerprint density at radius 1 is 0.533 bits per heavy atom. The molecule has 5 rings (SSSR count). The summed E-state index contributed by atoms with van der Waals surface area (Å²) in [5, 5.41) is 5.96. The lowest BCUT2D eigenvalue weighted by molar-refractivity contribution is 0.588. The third kappa shape index (κ3) is 3.36. The second-order valence-electron chi connectivity index (χ2n) is 8.17. The van der Waals surface area contributed by atoms with Crippen LogP contribution in [0.2, 0.25) is 0 Å². The van der Waals surface area contributed by atoms with Crippen LogP contribution >= 0.6 is 7.14 Å². The Hall–Kier alpha value is -3.15. The Morgan fingerprint density at radius 3 is 1.70 bits per heavy atom. The van der Waals surface area contributed by atoms with Crippen molar-refractivity contribution in [3.8, 4) is 22.3 Å². The van der Waals surface area contributed by atoms with E-state index < -0.39 is 7.14 Å². The normalized spacial score (nSPS) is 11.8. The van der Waals surface area contributed by atoms with Crippen LogP contribution in [0.1, 0.15) is 0 Å². The zero-order valence-corrected chi connectivity index (χ0v) is 18.1. The van der Waals surface area contributed by atoms with Gasteiger partial charge in [0.2, 0.25) is 0 Å². The summed E-state index contributed by atoms with van der Waals surface area (Å²) in [6.07, 6.45) is 0. The van der Waals surface area contributed by atoms with E-state index in [0.29, 0.717) is 0 Å². The highest BCUT2D eigenvalue weighted by atomic mass is 31.2. The van der Waals surface area contributed by atoms with Gasteiger partial charge in [-0.1, -0.05) is 91.0 Å². The van der Waals surface area contributed by atoms with Gasteiger partial charge in [0.15, 0.2) is 0 Å². The van der Waals surface area contributed by atoms with Crippen molar-refractivity contribution in [2.45, 2.75) is 0 Å². The van der Waals surface area contributed by atoms with Crippen LogP contribution in [0.15, 0.2) is 103 Å².